The number of carbonyl (C=O) groups excluding carboxylic acids is 1. The smallest absolute Gasteiger partial charge is 0.347 e. The second-order valence-electron chi connectivity index (χ2n) is 18.6. The molecule has 4 rings (SSSR count). The second-order valence-corrected chi connectivity index (χ2v) is 28.1. The normalized spacial score (nSPS) is 28.4. The first kappa shape index (κ1) is 41.0. The Morgan fingerprint density at radius 2 is 1.62 bits per heavy atom. The van der Waals surface area contributed by atoms with E-state index in [2.05, 4.69) is 98.9 Å². The van der Waals surface area contributed by atoms with Gasteiger partial charge in [0.15, 0.2) is 22.7 Å². The molecule has 1 aromatic carbocycles. The van der Waals surface area contributed by atoms with E-state index in [-0.39, 0.29) is 46.4 Å². The maximum absolute atomic E-state index is 14.0. The number of esters is 1. The highest BCUT2D eigenvalue weighted by Gasteiger charge is 2.46. The molecule has 8 heteroatoms. The maximum Gasteiger partial charge on any atom is 0.347 e. The van der Waals surface area contributed by atoms with Crippen LogP contribution in [-0.2, 0) is 23.1 Å². The Morgan fingerprint density at radius 1 is 0.960 bits per heavy atom. The first-order chi connectivity index (χ1) is 23.1. The number of hydrogen-bond acceptors (Lipinski definition) is 6. The number of hydrogen-bond donors (Lipinski definition) is 0. The molecule has 1 saturated heterocycles. The van der Waals surface area contributed by atoms with Crippen molar-refractivity contribution in [2.75, 3.05) is 6.61 Å². The number of rotatable bonds is 12. The molecule has 1 unspecified atom stereocenters. The highest BCUT2D eigenvalue weighted by atomic mass is 28.4. The van der Waals surface area contributed by atoms with Crippen molar-refractivity contribution >= 4 is 22.6 Å². The standard InChI is InChI=1S/C42H70O6Si2/c1-15-36(45-37-24-28(2)16-17-30(37)4)40(43)46-38-27-34(48-50(13,14)42(8,9)10)25-31-19-18-29(3)35(39(31)38)21-20-32-26-33(22-23-44-32)47-49(11,12)41(5,6)7/h16-19,24-25,29,32-36,38-39H,15,20-23,26-27H2,1-14H3/t29-,32+,33+,34+,35-,36?,38-,39-/m0/s1. The summed E-state index contributed by atoms with van der Waals surface area (Å²) < 4.78 is 33.2. The van der Waals surface area contributed by atoms with E-state index in [1.54, 1.807) is 0 Å². The summed E-state index contributed by atoms with van der Waals surface area (Å²) in [4.78, 5) is 14.0. The molecule has 0 aromatic heterocycles. The number of aryl methyl sites for hydroxylation is 2. The minimum atomic E-state index is -2.07. The van der Waals surface area contributed by atoms with E-state index in [0.29, 0.717) is 24.7 Å². The molecule has 3 aliphatic rings. The lowest BCUT2D eigenvalue weighted by atomic mass is 9.66. The number of benzene rings is 1. The van der Waals surface area contributed by atoms with Crippen LogP contribution >= 0.6 is 0 Å². The summed E-state index contributed by atoms with van der Waals surface area (Å²) >= 11 is 0. The molecule has 6 nitrogen and oxygen atoms in total. The maximum atomic E-state index is 14.0. The predicted molar refractivity (Wildman–Crippen MR) is 211 cm³/mol. The topological polar surface area (TPSA) is 63.2 Å². The first-order valence-electron chi connectivity index (χ1n) is 19.4. The SMILES string of the molecule is CCC(Oc1cc(C)ccc1C)C(=O)O[C@H]1C[C@H](O[Si](C)(C)C(C)(C)C)C=C2C=C[C@H](C)[C@H](CC[C@@H]3C[C@H](O[Si](C)(C)C(C)(C)C)CCO3)[C@H]21. The van der Waals surface area contributed by atoms with Crippen LogP contribution in [0.5, 0.6) is 5.75 Å². The van der Waals surface area contributed by atoms with Crippen LogP contribution in [0, 0.1) is 31.6 Å². The van der Waals surface area contributed by atoms with Gasteiger partial charge in [-0.1, -0.05) is 85.8 Å². The van der Waals surface area contributed by atoms with Gasteiger partial charge in [0.05, 0.1) is 12.2 Å². The molecule has 0 bridgehead atoms. The molecule has 8 atom stereocenters. The van der Waals surface area contributed by atoms with Crippen LogP contribution in [0.25, 0.3) is 0 Å². The average molecular weight is 727 g/mol. The Morgan fingerprint density at radius 3 is 2.26 bits per heavy atom. The number of carbonyl (C=O) groups is 1. The van der Waals surface area contributed by atoms with Gasteiger partial charge in [-0.15, -0.1) is 0 Å². The van der Waals surface area contributed by atoms with Gasteiger partial charge in [0.2, 0.25) is 0 Å². The predicted octanol–water partition coefficient (Wildman–Crippen LogP) is 10.9. The van der Waals surface area contributed by atoms with Crippen LogP contribution in [0.1, 0.15) is 105 Å². The van der Waals surface area contributed by atoms with Crippen LogP contribution < -0.4 is 4.74 Å². The largest absolute Gasteiger partial charge is 0.478 e. The van der Waals surface area contributed by atoms with Gasteiger partial charge in [-0.2, -0.15) is 0 Å². The van der Waals surface area contributed by atoms with Gasteiger partial charge in [-0.3, -0.25) is 0 Å². The molecular weight excluding hydrogens is 657 g/mol. The zero-order chi connectivity index (χ0) is 37.2. The molecular formula is C42H70O6Si2. The monoisotopic (exact) mass is 726 g/mol. The third kappa shape index (κ3) is 10.0. The summed E-state index contributed by atoms with van der Waals surface area (Å²) in [5.74, 6) is 1.23. The molecule has 0 N–H and O–H groups in total. The van der Waals surface area contributed by atoms with Crippen LogP contribution in [0.2, 0.25) is 36.3 Å². The van der Waals surface area contributed by atoms with Crippen molar-refractivity contribution in [3.05, 3.63) is 53.1 Å². The van der Waals surface area contributed by atoms with Gasteiger partial charge < -0.3 is 23.1 Å². The highest BCUT2D eigenvalue weighted by molar-refractivity contribution is 6.74. The van der Waals surface area contributed by atoms with Gasteiger partial charge in [-0.25, -0.2) is 4.79 Å². The summed E-state index contributed by atoms with van der Waals surface area (Å²) in [5, 5.41) is 0.265. The summed E-state index contributed by atoms with van der Waals surface area (Å²) in [5.41, 5.74) is 3.36. The van der Waals surface area contributed by atoms with E-state index < -0.39 is 22.7 Å². The quantitative estimate of drug-likeness (QED) is 0.158. The Labute approximate surface area is 307 Å². The van der Waals surface area contributed by atoms with Crippen LogP contribution in [-0.4, -0.2) is 59.7 Å². The van der Waals surface area contributed by atoms with Gasteiger partial charge in [0.1, 0.15) is 11.9 Å². The summed E-state index contributed by atoms with van der Waals surface area (Å²) in [6.07, 6.45) is 11.4. The van der Waals surface area contributed by atoms with Crippen molar-refractivity contribution in [1.29, 1.82) is 0 Å². The molecule has 1 aromatic rings. The van der Waals surface area contributed by atoms with Crippen molar-refractivity contribution in [2.45, 2.75) is 175 Å². The Hall–Kier alpha value is -1.72. The van der Waals surface area contributed by atoms with Gasteiger partial charge >= 0.3 is 5.97 Å². The molecule has 2 aliphatic carbocycles. The fourth-order valence-corrected chi connectivity index (χ4v) is 9.92. The van der Waals surface area contributed by atoms with E-state index in [1.165, 1.54) is 5.57 Å². The lowest BCUT2D eigenvalue weighted by Crippen LogP contribution is -2.49. The highest BCUT2D eigenvalue weighted by Crippen LogP contribution is 2.47. The molecule has 50 heavy (non-hydrogen) atoms. The van der Waals surface area contributed by atoms with Crippen molar-refractivity contribution < 1.29 is 27.9 Å². The second kappa shape index (κ2) is 16.1. The van der Waals surface area contributed by atoms with E-state index in [0.717, 1.165) is 49.2 Å². The van der Waals surface area contributed by atoms with Crippen molar-refractivity contribution in [1.82, 2.24) is 0 Å². The zero-order valence-corrected chi connectivity index (χ0v) is 36.0. The van der Waals surface area contributed by atoms with E-state index in [9.17, 15) is 4.79 Å². The van der Waals surface area contributed by atoms with Crippen molar-refractivity contribution in [3.8, 4) is 5.75 Å². The zero-order valence-electron chi connectivity index (χ0n) is 34.0. The molecule has 282 valence electrons. The third-order valence-electron chi connectivity index (χ3n) is 12.5. The number of ether oxygens (including phenoxy) is 3. The summed E-state index contributed by atoms with van der Waals surface area (Å²) in [6, 6.07) is 6.12. The van der Waals surface area contributed by atoms with E-state index >= 15 is 0 Å². The van der Waals surface area contributed by atoms with Crippen LogP contribution in [0.4, 0.5) is 0 Å². The Bertz CT molecular complexity index is 1370. The molecule has 0 radical (unpaired) electrons. The first-order valence-corrected chi connectivity index (χ1v) is 25.2. The average Bonchev–Trinajstić information content (AvgIpc) is 2.99. The fourth-order valence-electron chi connectivity index (χ4n) is 7.24. The molecule has 1 heterocycles. The molecule has 0 saturated carbocycles. The third-order valence-corrected chi connectivity index (χ3v) is 21.6. The summed E-state index contributed by atoms with van der Waals surface area (Å²) in [6.45, 7) is 32.2. The lowest BCUT2D eigenvalue weighted by Gasteiger charge is -2.46. The van der Waals surface area contributed by atoms with Crippen LogP contribution in [0.15, 0.2) is 42.0 Å². The van der Waals surface area contributed by atoms with Crippen LogP contribution in [0.3, 0.4) is 0 Å². The minimum Gasteiger partial charge on any atom is -0.478 e. The molecule has 1 fully saturated rings. The van der Waals surface area contributed by atoms with E-state index in [1.807, 2.05) is 32.9 Å². The lowest BCUT2D eigenvalue weighted by molar-refractivity contribution is -0.163. The Balaban J connectivity index is 1.56. The van der Waals surface area contributed by atoms with E-state index in [4.69, 9.17) is 23.1 Å². The summed E-state index contributed by atoms with van der Waals surface area (Å²) in [7, 11) is -3.93. The number of fused-ring (bicyclic) bond motifs is 1. The molecule has 0 spiro atoms. The van der Waals surface area contributed by atoms with Gasteiger partial charge in [-0.05, 0) is 117 Å². The molecule has 1 aliphatic heterocycles. The van der Waals surface area contributed by atoms with Crippen molar-refractivity contribution in [2.24, 2.45) is 17.8 Å². The van der Waals surface area contributed by atoms with Gasteiger partial charge in [0, 0.05) is 25.0 Å². The van der Waals surface area contributed by atoms with Gasteiger partial charge in [0.25, 0.3) is 0 Å². The fraction of sp³-hybridized carbons (Fsp3) is 0.738. The minimum absolute atomic E-state index is 0.0763. The molecule has 0 amide bonds. The Kier molecular flexibility index (Phi) is 13.2. The number of allylic oxidation sites excluding steroid dienone is 2. The van der Waals surface area contributed by atoms with Crippen molar-refractivity contribution in [3.63, 3.8) is 0 Å².